The molecule has 2 heterocycles. The molecular weight excluding hydrogens is 322 g/mol. The Bertz CT molecular complexity index is 524. The van der Waals surface area contributed by atoms with Crippen molar-refractivity contribution >= 4 is 17.7 Å². The van der Waals surface area contributed by atoms with E-state index in [-0.39, 0.29) is 5.91 Å². The second-order valence-electron chi connectivity index (χ2n) is 6.39. The molecule has 1 aromatic rings. The summed E-state index contributed by atoms with van der Waals surface area (Å²) in [7, 11) is 0. The molecule has 3 rings (SSSR count). The van der Waals surface area contributed by atoms with E-state index in [9.17, 15) is 4.79 Å². The highest BCUT2D eigenvalue weighted by Gasteiger charge is 2.23. The SMILES string of the molecule is CSc1ccc(CN2CCN(C(=O)CN3CCOCC3)CC2)cc1. The first-order valence-corrected chi connectivity index (χ1v) is 9.90. The van der Waals surface area contributed by atoms with Crippen LogP contribution < -0.4 is 0 Å². The van der Waals surface area contributed by atoms with Gasteiger partial charge < -0.3 is 9.64 Å². The van der Waals surface area contributed by atoms with Gasteiger partial charge in [-0.15, -0.1) is 11.8 Å². The third-order valence-corrected chi connectivity index (χ3v) is 5.50. The van der Waals surface area contributed by atoms with Crippen molar-refractivity contribution in [3.8, 4) is 0 Å². The fraction of sp³-hybridized carbons (Fsp3) is 0.611. The number of thioether (sulfide) groups is 1. The van der Waals surface area contributed by atoms with Crippen molar-refractivity contribution in [2.45, 2.75) is 11.4 Å². The summed E-state index contributed by atoms with van der Waals surface area (Å²) in [6, 6.07) is 8.79. The van der Waals surface area contributed by atoms with Crippen molar-refractivity contribution in [3.05, 3.63) is 29.8 Å². The lowest BCUT2D eigenvalue weighted by atomic mass is 10.2. The molecule has 2 saturated heterocycles. The number of amides is 1. The Hall–Kier alpha value is -1.08. The predicted molar refractivity (Wildman–Crippen MR) is 97.3 cm³/mol. The minimum absolute atomic E-state index is 0.265. The van der Waals surface area contributed by atoms with Crippen LogP contribution in [0.2, 0.25) is 0 Å². The van der Waals surface area contributed by atoms with Crippen molar-refractivity contribution in [3.63, 3.8) is 0 Å². The summed E-state index contributed by atoms with van der Waals surface area (Å²) < 4.78 is 5.34. The second-order valence-corrected chi connectivity index (χ2v) is 7.27. The highest BCUT2D eigenvalue weighted by molar-refractivity contribution is 7.98. The quantitative estimate of drug-likeness (QED) is 0.751. The van der Waals surface area contributed by atoms with E-state index in [4.69, 9.17) is 4.74 Å². The average Bonchev–Trinajstić information content (AvgIpc) is 2.64. The van der Waals surface area contributed by atoms with Crippen LogP contribution in [0.15, 0.2) is 29.2 Å². The van der Waals surface area contributed by atoms with Crippen LogP contribution >= 0.6 is 11.8 Å². The Balaban J connectivity index is 1.42. The van der Waals surface area contributed by atoms with E-state index in [1.807, 2.05) is 4.90 Å². The van der Waals surface area contributed by atoms with E-state index < -0.39 is 0 Å². The summed E-state index contributed by atoms with van der Waals surface area (Å²) >= 11 is 1.77. The minimum Gasteiger partial charge on any atom is -0.379 e. The van der Waals surface area contributed by atoms with Gasteiger partial charge in [-0.1, -0.05) is 12.1 Å². The number of carbonyl (C=O) groups excluding carboxylic acids is 1. The summed E-state index contributed by atoms with van der Waals surface area (Å²) in [6.45, 7) is 8.35. The van der Waals surface area contributed by atoms with E-state index in [0.717, 1.165) is 59.0 Å². The zero-order chi connectivity index (χ0) is 16.8. The molecule has 6 heteroatoms. The maximum Gasteiger partial charge on any atom is 0.236 e. The molecule has 0 saturated carbocycles. The lowest BCUT2D eigenvalue weighted by molar-refractivity contribution is -0.135. The van der Waals surface area contributed by atoms with Crippen LogP contribution in [-0.4, -0.2) is 85.9 Å². The Labute approximate surface area is 148 Å². The largest absolute Gasteiger partial charge is 0.379 e. The number of nitrogens with zero attached hydrogens (tertiary/aromatic N) is 3. The van der Waals surface area contributed by atoms with Gasteiger partial charge >= 0.3 is 0 Å². The molecule has 0 spiro atoms. The van der Waals surface area contributed by atoms with Crippen LogP contribution in [0, 0.1) is 0 Å². The van der Waals surface area contributed by atoms with Gasteiger partial charge in [0, 0.05) is 50.7 Å². The second kappa shape index (κ2) is 8.85. The summed E-state index contributed by atoms with van der Waals surface area (Å²) in [5.74, 6) is 0.265. The molecule has 0 bridgehead atoms. The Morgan fingerprint density at radius 3 is 2.29 bits per heavy atom. The molecule has 0 aliphatic carbocycles. The van der Waals surface area contributed by atoms with Crippen molar-refractivity contribution in [2.75, 3.05) is 65.3 Å². The first kappa shape index (κ1) is 17.7. The number of hydrogen-bond acceptors (Lipinski definition) is 5. The zero-order valence-electron chi connectivity index (χ0n) is 14.4. The topological polar surface area (TPSA) is 36.0 Å². The molecule has 1 aromatic carbocycles. The van der Waals surface area contributed by atoms with Gasteiger partial charge in [0.1, 0.15) is 0 Å². The average molecular weight is 350 g/mol. The number of morpholine rings is 1. The van der Waals surface area contributed by atoms with E-state index in [2.05, 4.69) is 40.3 Å². The molecule has 132 valence electrons. The fourth-order valence-electron chi connectivity index (χ4n) is 3.20. The van der Waals surface area contributed by atoms with Gasteiger partial charge in [-0.05, 0) is 24.0 Å². The van der Waals surface area contributed by atoms with Crippen LogP contribution in [-0.2, 0) is 16.1 Å². The van der Waals surface area contributed by atoms with E-state index >= 15 is 0 Å². The lowest BCUT2D eigenvalue weighted by Gasteiger charge is -2.36. The Morgan fingerprint density at radius 2 is 1.67 bits per heavy atom. The zero-order valence-corrected chi connectivity index (χ0v) is 15.3. The number of carbonyl (C=O) groups is 1. The monoisotopic (exact) mass is 349 g/mol. The van der Waals surface area contributed by atoms with E-state index in [1.165, 1.54) is 10.5 Å². The van der Waals surface area contributed by atoms with Crippen LogP contribution in [0.25, 0.3) is 0 Å². The predicted octanol–water partition coefficient (Wildman–Crippen LogP) is 1.38. The lowest BCUT2D eigenvalue weighted by Crippen LogP contribution is -2.51. The molecule has 24 heavy (non-hydrogen) atoms. The van der Waals surface area contributed by atoms with Gasteiger partial charge in [0.2, 0.25) is 5.91 Å². The summed E-state index contributed by atoms with van der Waals surface area (Å²) in [5.41, 5.74) is 1.35. The molecule has 0 unspecified atom stereocenters. The fourth-order valence-corrected chi connectivity index (χ4v) is 3.60. The van der Waals surface area contributed by atoms with E-state index in [1.54, 1.807) is 11.8 Å². The van der Waals surface area contributed by atoms with Crippen molar-refractivity contribution < 1.29 is 9.53 Å². The van der Waals surface area contributed by atoms with E-state index in [0.29, 0.717) is 6.54 Å². The number of hydrogen-bond donors (Lipinski definition) is 0. The minimum atomic E-state index is 0.265. The van der Waals surface area contributed by atoms with Crippen molar-refractivity contribution in [2.24, 2.45) is 0 Å². The standard InChI is InChI=1S/C18H27N3O2S/c1-24-17-4-2-16(3-5-17)14-19-6-8-21(9-7-19)18(22)15-20-10-12-23-13-11-20/h2-5H,6-15H2,1H3. The van der Waals surface area contributed by atoms with Gasteiger partial charge in [-0.25, -0.2) is 0 Å². The van der Waals surface area contributed by atoms with Crippen molar-refractivity contribution in [1.29, 1.82) is 0 Å². The number of piperazine rings is 1. The molecule has 1 amide bonds. The van der Waals surface area contributed by atoms with Crippen LogP contribution in [0.3, 0.4) is 0 Å². The number of rotatable bonds is 5. The first-order valence-electron chi connectivity index (χ1n) is 8.68. The summed E-state index contributed by atoms with van der Waals surface area (Å²) in [5, 5.41) is 0. The van der Waals surface area contributed by atoms with Gasteiger partial charge in [0.25, 0.3) is 0 Å². The maximum atomic E-state index is 12.4. The highest BCUT2D eigenvalue weighted by atomic mass is 32.2. The Morgan fingerprint density at radius 1 is 1.00 bits per heavy atom. The van der Waals surface area contributed by atoms with Gasteiger partial charge in [-0.2, -0.15) is 0 Å². The van der Waals surface area contributed by atoms with Gasteiger partial charge in [0.15, 0.2) is 0 Å². The summed E-state index contributed by atoms with van der Waals surface area (Å²) in [4.78, 5) is 20.4. The molecular formula is C18H27N3O2S. The van der Waals surface area contributed by atoms with Crippen LogP contribution in [0.1, 0.15) is 5.56 Å². The molecule has 0 atom stereocenters. The smallest absolute Gasteiger partial charge is 0.236 e. The van der Waals surface area contributed by atoms with Gasteiger partial charge in [0.05, 0.1) is 19.8 Å². The molecule has 0 radical (unpaired) electrons. The molecule has 2 fully saturated rings. The van der Waals surface area contributed by atoms with Crippen molar-refractivity contribution in [1.82, 2.24) is 14.7 Å². The number of ether oxygens (including phenoxy) is 1. The first-order chi connectivity index (χ1) is 11.7. The third kappa shape index (κ3) is 4.96. The molecule has 0 aromatic heterocycles. The van der Waals surface area contributed by atoms with Crippen LogP contribution in [0.5, 0.6) is 0 Å². The van der Waals surface area contributed by atoms with Gasteiger partial charge in [-0.3, -0.25) is 14.6 Å². The molecule has 2 aliphatic heterocycles. The maximum absolute atomic E-state index is 12.4. The molecule has 5 nitrogen and oxygen atoms in total. The Kier molecular flexibility index (Phi) is 6.54. The molecule has 2 aliphatic rings. The third-order valence-electron chi connectivity index (χ3n) is 4.75. The van der Waals surface area contributed by atoms with Crippen LogP contribution in [0.4, 0.5) is 0 Å². The summed E-state index contributed by atoms with van der Waals surface area (Å²) in [6.07, 6.45) is 2.10. The highest BCUT2D eigenvalue weighted by Crippen LogP contribution is 2.16. The number of benzene rings is 1. The molecule has 0 N–H and O–H groups in total. The normalized spacial score (nSPS) is 20.3.